The number of aromatic carboxylic acids is 1. The molecule has 1 atom stereocenters. The molecule has 0 radical (unpaired) electrons. The number of nitrogens with zero attached hydrogens (tertiary/aromatic N) is 1. The number of hydrogen-bond donors (Lipinski definition) is 2. The molecule has 1 fully saturated rings. The molecule has 1 aliphatic heterocycles. The van der Waals surface area contributed by atoms with Crippen molar-refractivity contribution in [3.05, 3.63) is 23.7 Å². The van der Waals surface area contributed by atoms with Gasteiger partial charge in [0.15, 0.2) is 5.76 Å². The molecule has 19 heavy (non-hydrogen) atoms. The Hall–Kier alpha value is -2.31. The minimum absolute atomic E-state index is 0.0393. The topological polar surface area (TPSA) is 114 Å². The van der Waals surface area contributed by atoms with Gasteiger partial charge in [-0.05, 0) is 12.8 Å². The minimum Gasteiger partial charge on any atom is -0.478 e. The zero-order valence-corrected chi connectivity index (χ0v) is 10.2. The predicted molar refractivity (Wildman–Crippen MR) is 63.5 cm³/mol. The Morgan fingerprint density at radius 3 is 2.74 bits per heavy atom. The number of rotatable bonds is 3. The minimum atomic E-state index is -1.16. The lowest BCUT2D eigenvalue weighted by atomic mass is 9.97. The van der Waals surface area contributed by atoms with Crippen molar-refractivity contribution in [2.24, 2.45) is 11.7 Å². The second-order valence-corrected chi connectivity index (χ2v) is 4.50. The highest BCUT2D eigenvalue weighted by atomic mass is 16.4. The van der Waals surface area contributed by atoms with Crippen LogP contribution in [-0.2, 0) is 4.79 Å². The first-order valence-electron chi connectivity index (χ1n) is 5.89. The standard InChI is InChI=1S/C12H14N2O5/c13-10(15)7-2-1-3-14(5-7)11(16)9-4-8(6-19-9)12(17)18/h4,6-7H,1-3,5H2,(H2,13,15)(H,17,18). The lowest BCUT2D eigenvalue weighted by Gasteiger charge is -2.30. The summed E-state index contributed by atoms with van der Waals surface area (Å²) in [4.78, 5) is 35.4. The normalized spacial score (nSPS) is 19.2. The second kappa shape index (κ2) is 5.13. The van der Waals surface area contributed by atoms with Crippen LogP contribution in [-0.4, -0.2) is 40.9 Å². The van der Waals surface area contributed by atoms with E-state index in [1.807, 2.05) is 0 Å². The Morgan fingerprint density at radius 1 is 1.42 bits per heavy atom. The maximum atomic E-state index is 12.1. The van der Waals surface area contributed by atoms with Gasteiger partial charge in [-0.1, -0.05) is 0 Å². The van der Waals surface area contributed by atoms with Gasteiger partial charge in [0.1, 0.15) is 6.26 Å². The molecule has 0 aliphatic carbocycles. The molecule has 2 rings (SSSR count). The van der Waals surface area contributed by atoms with Crippen LogP contribution in [0.15, 0.2) is 16.7 Å². The number of furan rings is 1. The van der Waals surface area contributed by atoms with Crippen LogP contribution in [0.2, 0.25) is 0 Å². The molecule has 2 amide bonds. The van der Waals surface area contributed by atoms with E-state index in [1.165, 1.54) is 11.0 Å². The fraction of sp³-hybridized carbons (Fsp3) is 0.417. The Bertz CT molecular complexity index is 522. The Balaban J connectivity index is 2.10. The van der Waals surface area contributed by atoms with Gasteiger partial charge in [0.05, 0.1) is 11.5 Å². The summed E-state index contributed by atoms with van der Waals surface area (Å²) < 4.78 is 4.95. The quantitative estimate of drug-likeness (QED) is 0.817. The average Bonchev–Trinajstić information content (AvgIpc) is 2.87. The Morgan fingerprint density at radius 2 is 2.16 bits per heavy atom. The van der Waals surface area contributed by atoms with Crippen molar-refractivity contribution in [1.82, 2.24) is 4.90 Å². The summed E-state index contributed by atoms with van der Waals surface area (Å²) in [7, 11) is 0. The summed E-state index contributed by atoms with van der Waals surface area (Å²) in [5, 5.41) is 8.76. The highest BCUT2D eigenvalue weighted by Gasteiger charge is 2.29. The number of piperidine rings is 1. The number of carboxylic acids is 1. The highest BCUT2D eigenvalue weighted by molar-refractivity contribution is 5.95. The van der Waals surface area contributed by atoms with Gasteiger partial charge in [-0.25, -0.2) is 4.79 Å². The van der Waals surface area contributed by atoms with Gasteiger partial charge in [0.25, 0.3) is 5.91 Å². The number of carbonyl (C=O) groups excluding carboxylic acids is 2. The lowest BCUT2D eigenvalue weighted by Crippen LogP contribution is -2.44. The summed E-state index contributed by atoms with van der Waals surface area (Å²) in [6, 6.07) is 1.18. The zero-order valence-electron chi connectivity index (χ0n) is 10.2. The first-order valence-corrected chi connectivity index (χ1v) is 5.89. The summed E-state index contributed by atoms with van der Waals surface area (Å²) in [6.45, 7) is 0.753. The summed E-state index contributed by atoms with van der Waals surface area (Å²) in [5.74, 6) is -2.40. The number of carboxylic acid groups (broad SMARTS) is 1. The van der Waals surface area contributed by atoms with E-state index in [9.17, 15) is 14.4 Å². The number of primary amides is 1. The third kappa shape index (κ3) is 2.75. The van der Waals surface area contributed by atoms with Crippen molar-refractivity contribution in [3.8, 4) is 0 Å². The van der Waals surface area contributed by atoms with Crippen molar-refractivity contribution < 1.29 is 23.9 Å². The average molecular weight is 266 g/mol. The van der Waals surface area contributed by atoms with E-state index in [4.69, 9.17) is 15.3 Å². The third-order valence-electron chi connectivity index (χ3n) is 3.17. The zero-order chi connectivity index (χ0) is 14.0. The first-order chi connectivity index (χ1) is 8.99. The van der Waals surface area contributed by atoms with Gasteiger partial charge in [-0.2, -0.15) is 0 Å². The van der Waals surface area contributed by atoms with Crippen LogP contribution in [0, 0.1) is 5.92 Å². The number of carbonyl (C=O) groups is 3. The molecule has 1 aromatic heterocycles. The molecule has 3 N–H and O–H groups in total. The predicted octanol–water partition coefficient (Wildman–Crippen LogP) is 0.315. The fourth-order valence-corrected chi connectivity index (χ4v) is 2.11. The van der Waals surface area contributed by atoms with E-state index in [-0.39, 0.29) is 23.8 Å². The summed E-state index contributed by atoms with van der Waals surface area (Å²) in [6.07, 6.45) is 2.37. The highest BCUT2D eigenvalue weighted by Crippen LogP contribution is 2.19. The molecule has 0 saturated carbocycles. The molecule has 2 heterocycles. The van der Waals surface area contributed by atoms with Gasteiger partial charge in [-0.3, -0.25) is 9.59 Å². The van der Waals surface area contributed by atoms with Crippen molar-refractivity contribution in [2.75, 3.05) is 13.1 Å². The van der Waals surface area contributed by atoms with Crippen molar-refractivity contribution in [3.63, 3.8) is 0 Å². The largest absolute Gasteiger partial charge is 0.478 e. The lowest BCUT2D eigenvalue weighted by molar-refractivity contribution is -0.123. The molecule has 7 heteroatoms. The van der Waals surface area contributed by atoms with Gasteiger partial charge in [-0.15, -0.1) is 0 Å². The SMILES string of the molecule is NC(=O)C1CCCN(C(=O)c2cc(C(=O)O)co2)C1. The van der Waals surface area contributed by atoms with E-state index in [0.29, 0.717) is 19.4 Å². The Labute approximate surface area is 109 Å². The smallest absolute Gasteiger partial charge is 0.338 e. The molecule has 7 nitrogen and oxygen atoms in total. The summed E-state index contributed by atoms with van der Waals surface area (Å²) >= 11 is 0. The fourth-order valence-electron chi connectivity index (χ4n) is 2.11. The third-order valence-corrected chi connectivity index (χ3v) is 3.17. The molecule has 0 spiro atoms. The van der Waals surface area contributed by atoms with Crippen LogP contribution in [0.3, 0.4) is 0 Å². The molecular weight excluding hydrogens is 252 g/mol. The van der Waals surface area contributed by atoms with Gasteiger partial charge in [0, 0.05) is 19.2 Å². The number of nitrogens with two attached hydrogens (primary N) is 1. The molecule has 0 bridgehead atoms. The van der Waals surface area contributed by atoms with Crippen LogP contribution in [0.4, 0.5) is 0 Å². The number of likely N-dealkylation sites (tertiary alicyclic amines) is 1. The van der Waals surface area contributed by atoms with Crippen LogP contribution in [0.25, 0.3) is 0 Å². The maximum absolute atomic E-state index is 12.1. The summed E-state index contributed by atoms with van der Waals surface area (Å²) in [5.41, 5.74) is 5.16. The first kappa shape index (κ1) is 13.1. The van der Waals surface area contributed by atoms with E-state index in [0.717, 1.165) is 6.26 Å². The molecule has 1 aliphatic rings. The van der Waals surface area contributed by atoms with E-state index in [1.54, 1.807) is 0 Å². The van der Waals surface area contributed by atoms with Crippen LogP contribution in [0.1, 0.15) is 33.8 Å². The van der Waals surface area contributed by atoms with E-state index >= 15 is 0 Å². The Kier molecular flexibility index (Phi) is 3.55. The van der Waals surface area contributed by atoms with Gasteiger partial charge in [0.2, 0.25) is 5.91 Å². The molecule has 1 saturated heterocycles. The van der Waals surface area contributed by atoms with E-state index < -0.39 is 17.8 Å². The second-order valence-electron chi connectivity index (χ2n) is 4.50. The van der Waals surface area contributed by atoms with Crippen LogP contribution >= 0.6 is 0 Å². The number of amides is 2. The molecule has 1 unspecified atom stereocenters. The van der Waals surface area contributed by atoms with Crippen molar-refractivity contribution in [2.45, 2.75) is 12.8 Å². The molecular formula is C12H14N2O5. The van der Waals surface area contributed by atoms with Crippen molar-refractivity contribution in [1.29, 1.82) is 0 Å². The van der Waals surface area contributed by atoms with Crippen LogP contribution < -0.4 is 5.73 Å². The molecule has 0 aromatic carbocycles. The van der Waals surface area contributed by atoms with Gasteiger partial charge >= 0.3 is 5.97 Å². The molecule has 1 aromatic rings. The van der Waals surface area contributed by atoms with E-state index in [2.05, 4.69) is 0 Å². The van der Waals surface area contributed by atoms with Crippen molar-refractivity contribution >= 4 is 17.8 Å². The maximum Gasteiger partial charge on any atom is 0.338 e. The van der Waals surface area contributed by atoms with Gasteiger partial charge < -0.3 is 20.2 Å². The molecule has 102 valence electrons. The van der Waals surface area contributed by atoms with Crippen LogP contribution in [0.5, 0.6) is 0 Å². The number of hydrogen-bond acceptors (Lipinski definition) is 4. The monoisotopic (exact) mass is 266 g/mol.